The minimum absolute atomic E-state index is 0.113. The number of hydrogen-bond donors (Lipinski definition) is 3. The highest BCUT2D eigenvalue weighted by molar-refractivity contribution is 6.26. The molecule has 0 atom stereocenters. The van der Waals surface area contributed by atoms with Gasteiger partial charge in [0, 0.05) is 6.54 Å². The summed E-state index contributed by atoms with van der Waals surface area (Å²) in [5, 5.41) is 29.9. The van der Waals surface area contributed by atoms with Crippen LogP contribution in [0.3, 0.4) is 0 Å². The Hall–Kier alpha value is -2.46. The van der Waals surface area contributed by atoms with Crippen LogP contribution in [0.1, 0.15) is 12.5 Å². The van der Waals surface area contributed by atoms with Crippen LogP contribution in [0.2, 0.25) is 0 Å². The van der Waals surface area contributed by atoms with Crippen molar-refractivity contribution in [1.82, 2.24) is 5.32 Å². The second kappa shape index (κ2) is 6.69. The zero-order valence-corrected chi connectivity index (χ0v) is 14.9. The molecular weight excluding hydrogens is 322 g/mol. The van der Waals surface area contributed by atoms with Crippen molar-refractivity contribution in [2.45, 2.75) is 19.0 Å². The van der Waals surface area contributed by atoms with Gasteiger partial charge in [0.15, 0.2) is 0 Å². The lowest BCUT2D eigenvalue weighted by atomic mass is 9.91. The molecule has 0 aliphatic carbocycles. The van der Waals surface area contributed by atoms with E-state index in [1.807, 2.05) is 6.92 Å². The van der Waals surface area contributed by atoms with Crippen molar-refractivity contribution in [2.75, 3.05) is 13.2 Å². The molecule has 4 rings (SSSR count). The Labute approximate surface area is 152 Å². The lowest BCUT2D eigenvalue weighted by Crippen LogP contribution is -2.48. The fourth-order valence-corrected chi connectivity index (χ4v) is 3.65. The van der Waals surface area contributed by atoms with Crippen LogP contribution in [0.15, 0.2) is 66.7 Å². The summed E-state index contributed by atoms with van der Waals surface area (Å²) >= 11 is 0. The Morgan fingerprint density at radius 2 is 1.15 bits per heavy atom. The lowest BCUT2D eigenvalue weighted by molar-refractivity contribution is 0.103. The SMILES string of the molecule is CC(CO)(CO)NCc1cccc2c3ccccc3c3ccccc3c12. The van der Waals surface area contributed by atoms with Gasteiger partial charge >= 0.3 is 0 Å². The zero-order chi connectivity index (χ0) is 18.1. The number of aliphatic hydroxyl groups excluding tert-OH is 2. The van der Waals surface area contributed by atoms with Crippen LogP contribution in [0.5, 0.6) is 0 Å². The van der Waals surface area contributed by atoms with E-state index < -0.39 is 5.54 Å². The molecule has 132 valence electrons. The number of benzene rings is 4. The van der Waals surface area contributed by atoms with Gasteiger partial charge in [0.05, 0.1) is 18.8 Å². The molecule has 3 nitrogen and oxygen atoms in total. The van der Waals surface area contributed by atoms with Gasteiger partial charge in [-0.2, -0.15) is 0 Å². The summed E-state index contributed by atoms with van der Waals surface area (Å²) < 4.78 is 0. The van der Waals surface area contributed by atoms with Gasteiger partial charge in [-0.1, -0.05) is 66.7 Å². The monoisotopic (exact) mass is 345 g/mol. The fourth-order valence-electron chi connectivity index (χ4n) is 3.65. The van der Waals surface area contributed by atoms with E-state index in [4.69, 9.17) is 0 Å². The first-order chi connectivity index (χ1) is 12.7. The summed E-state index contributed by atoms with van der Waals surface area (Å²) in [5.41, 5.74) is 0.465. The maximum atomic E-state index is 9.57. The molecule has 0 aliphatic heterocycles. The summed E-state index contributed by atoms with van der Waals surface area (Å²) in [6, 6.07) is 23.4. The van der Waals surface area contributed by atoms with Crippen molar-refractivity contribution in [3.63, 3.8) is 0 Å². The second-order valence-electron chi connectivity index (χ2n) is 7.16. The van der Waals surface area contributed by atoms with E-state index in [0.717, 1.165) is 5.56 Å². The topological polar surface area (TPSA) is 52.5 Å². The molecule has 0 fully saturated rings. The largest absolute Gasteiger partial charge is 0.394 e. The summed E-state index contributed by atoms with van der Waals surface area (Å²) in [6.07, 6.45) is 0. The van der Waals surface area contributed by atoms with Crippen LogP contribution in [-0.2, 0) is 6.54 Å². The third kappa shape index (κ3) is 2.74. The molecule has 0 spiro atoms. The van der Waals surface area contributed by atoms with Crippen LogP contribution < -0.4 is 5.32 Å². The van der Waals surface area contributed by atoms with E-state index in [2.05, 4.69) is 72.0 Å². The van der Waals surface area contributed by atoms with Crippen LogP contribution in [0.4, 0.5) is 0 Å². The summed E-state index contributed by atoms with van der Waals surface area (Å²) in [4.78, 5) is 0. The number of hydrogen-bond acceptors (Lipinski definition) is 3. The molecular formula is C23H23NO2. The van der Waals surface area contributed by atoms with Crippen molar-refractivity contribution in [2.24, 2.45) is 0 Å². The first-order valence-corrected chi connectivity index (χ1v) is 8.95. The van der Waals surface area contributed by atoms with Crippen molar-refractivity contribution in [1.29, 1.82) is 0 Å². The Morgan fingerprint density at radius 3 is 1.69 bits per heavy atom. The van der Waals surface area contributed by atoms with Gasteiger partial charge in [-0.25, -0.2) is 0 Å². The average molecular weight is 345 g/mol. The predicted molar refractivity (Wildman–Crippen MR) is 108 cm³/mol. The number of aliphatic hydroxyl groups is 2. The highest BCUT2D eigenvalue weighted by Gasteiger charge is 2.22. The van der Waals surface area contributed by atoms with Gasteiger partial charge in [-0.05, 0) is 44.8 Å². The Bertz CT molecular complexity index is 1040. The van der Waals surface area contributed by atoms with E-state index >= 15 is 0 Å². The van der Waals surface area contributed by atoms with Crippen LogP contribution in [0, 0.1) is 0 Å². The first-order valence-electron chi connectivity index (χ1n) is 8.95. The lowest BCUT2D eigenvalue weighted by Gasteiger charge is -2.27. The molecule has 0 unspecified atom stereocenters. The Kier molecular flexibility index (Phi) is 4.37. The van der Waals surface area contributed by atoms with Crippen molar-refractivity contribution in [3.8, 4) is 0 Å². The highest BCUT2D eigenvalue weighted by atomic mass is 16.3. The number of rotatable bonds is 5. The molecule has 4 aromatic rings. The fraction of sp³-hybridized carbons (Fsp3) is 0.217. The van der Waals surface area contributed by atoms with Gasteiger partial charge in [-0.15, -0.1) is 0 Å². The molecule has 0 heterocycles. The summed E-state index contributed by atoms with van der Waals surface area (Å²) in [7, 11) is 0. The molecule has 0 aliphatic rings. The molecule has 0 saturated carbocycles. The number of nitrogens with one attached hydrogen (secondary N) is 1. The molecule has 0 bridgehead atoms. The van der Waals surface area contributed by atoms with Crippen molar-refractivity contribution in [3.05, 3.63) is 72.3 Å². The minimum Gasteiger partial charge on any atom is -0.394 e. The van der Waals surface area contributed by atoms with E-state index in [1.54, 1.807) is 0 Å². The zero-order valence-electron chi connectivity index (χ0n) is 14.9. The van der Waals surface area contributed by atoms with Gasteiger partial charge in [0.2, 0.25) is 0 Å². The van der Waals surface area contributed by atoms with E-state index in [0.29, 0.717) is 6.54 Å². The summed E-state index contributed by atoms with van der Waals surface area (Å²) in [6.45, 7) is 2.18. The molecule has 0 aromatic heterocycles. The Balaban J connectivity index is 1.98. The van der Waals surface area contributed by atoms with Gasteiger partial charge in [0.1, 0.15) is 0 Å². The van der Waals surface area contributed by atoms with E-state index in [9.17, 15) is 10.2 Å². The standard InChI is InChI=1S/C23H23NO2/c1-23(14-25,15-26)24-13-16-7-6-12-21-19-9-3-2-8-17(19)18-10-4-5-11-20(18)22(16)21/h2-12,24-26H,13-15H2,1H3. The third-order valence-electron chi connectivity index (χ3n) is 5.26. The molecule has 3 N–H and O–H groups in total. The van der Waals surface area contributed by atoms with Gasteiger partial charge in [-0.3, -0.25) is 0 Å². The maximum Gasteiger partial charge on any atom is 0.0633 e. The molecule has 4 aromatic carbocycles. The molecule has 26 heavy (non-hydrogen) atoms. The van der Waals surface area contributed by atoms with Crippen LogP contribution >= 0.6 is 0 Å². The third-order valence-corrected chi connectivity index (χ3v) is 5.26. The first kappa shape index (κ1) is 17.0. The molecule has 0 radical (unpaired) electrons. The molecule has 3 heteroatoms. The quantitative estimate of drug-likeness (QED) is 0.480. The van der Waals surface area contributed by atoms with Crippen LogP contribution in [0.25, 0.3) is 32.3 Å². The van der Waals surface area contributed by atoms with Gasteiger partial charge in [0.25, 0.3) is 0 Å². The molecule has 0 saturated heterocycles. The average Bonchev–Trinajstić information content (AvgIpc) is 2.72. The van der Waals surface area contributed by atoms with Crippen molar-refractivity contribution < 1.29 is 10.2 Å². The van der Waals surface area contributed by atoms with E-state index in [1.165, 1.54) is 32.3 Å². The van der Waals surface area contributed by atoms with Crippen molar-refractivity contribution >= 4 is 32.3 Å². The number of fused-ring (bicyclic) bond motifs is 6. The summed E-state index contributed by atoms with van der Waals surface area (Å²) in [5.74, 6) is 0. The predicted octanol–water partition coefficient (Wildman–Crippen LogP) is 3.98. The van der Waals surface area contributed by atoms with Crippen LogP contribution in [-0.4, -0.2) is 29.0 Å². The Morgan fingerprint density at radius 1 is 0.692 bits per heavy atom. The maximum absolute atomic E-state index is 9.57. The second-order valence-corrected chi connectivity index (χ2v) is 7.16. The molecule has 0 amide bonds. The minimum atomic E-state index is -0.700. The van der Waals surface area contributed by atoms with Gasteiger partial charge < -0.3 is 15.5 Å². The normalized spacial score (nSPS) is 12.3. The highest BCUT2D eigenvalue weighted by Crippen LogP contribution is 2.36. The smallest absolute Gasteiger partial charge is 0.0633 e. The van der Waals surface area contributed by atoms with E-state index in [-0.39, 0.29) is 13.2 Å².